The lowest BCUT2D eigenvalue weighted by atomic mass is 9.98. The lowest BCUT2D eigenvalue weighted by Gasteiger charge is -2.23. The largest absolute Gasteiger partial charge is 0.496 e. The lowest BCUT2D eigenvalue weighted by Crippen LogP contribution is -2.38. The summed E-state index contributed by atoms with van der Waals surface area (Å²) in [6.07, 6.45) is 0. The highest BCUT2D eigenvalue weighted by Crippen LogP contribution is 2.43. The fourth-order valence-electron chi connectivity index (χ4n) is 2.66. The topological polar surface area (TPSA) is 18.5 Å². The van der Waals surface area contributed by atoms with Crippen molar-refractivity contribution in [1.82, 2.24) is 0 Å². The second-order valence-corrected chi connectivity index (χ2v) is 12.2. The molecule has 0 saturated heterocycles. The Kier molecular flexibility index (Phi) is 5.02. The molecule has 118 valence electrons. The molecule has 0 bridgehead atoms. The second-order valence-electron chi connectivity index (χ2n) is 6.41. The Morgan fingerprint density at radius 2 is 1.41 bits per heavy atom. The van der Waals surface area contributed by atoms with Gasteiger partial charge in [-0.05, 0) is 29.8 Å². The molecule has 2 aromatic carbocycles. The molecular formula is C18H23BrO2Si. The molecular weight excluding hydrogens is 356 g/mol. The average Bonchev–Trinajstić information content (AvgIpc) is 2.45. The van der Waals surface area contributed by atoms with Crippen molar-refractivity contribution in [3.05, 3.63) is 40.4 Å². The molecule has 0 N–H and O–H groups in total. The van der Waals surface area contributed by atoms with E-state index in [0.717, 1.165) is 27.1 Å². The average molecular weight is 379 g/mol. The SMILES string of the molecule is COc1cccc(OC)c1-c1c(C)ccc([Si](C)(C)C)c1Br. The standard InChI is InChI=1S/C18H23BrO2Si/c1-12-10-11-15(22(4,5)6)18(19)16(12)17-13(20-2)8-7-9-14(17)21-3/h7-11H,1-6H3. The third kappa shape index (κ3) is 3.08. The highest BCUT2D eigenvalue weighted by atomic mass is 79.9. The number of benzene rings is 2. The number of halogens is 1. The molecule has 2 nitrogen and oxygen atoms in total. The Morgan fingerprint density at radius 3 is 1.86 bits per heavy atom. The van der Waals surface area contributed by atoms with Crippen molar-refractivity contribution in [2.24, 2.45) is 0 Å². The highest BCUT2D eigenvalue weighted by molar-refractivity contribution is 9.10. The van der Waals surface area contributed by atoms with Gasteiger partial charge in [0, 0.05) is 10.0 Å². The summed E-state index contributed by atoms with van der Waals surface area (Å²) < 4.78 is 12.3. The van der Waals surface area contributed by atoms with Crippen LogP contribution in [0.4, 0.5) is 0 Å². The van der Waals surface area contributed by atoms with E-state index in [1.165, 1.54) is 10.8 Å². The van der Waals surface area contributed by atoms with Crippen LogP contribution in [0.2, 0.25) is 19.6 Å². The normalized spacial score (nSPS) is 11.4. The van der Waals surface area contributed by atoms with E-state index in [4.69, 9.17) is 9.47 Å². The van der Waals surface area contributed by atoms with Gasteiger partial charge in [-0.1, -0.05) is 53.8 Å². The van der Waals surface area contributed by atoms with Crippen LogP contribution < -0.4 is 14.7 Å². The van der Waals surface area contributed by atoms with Gasteiger partial charge in [-0.3, -0.25) is 0 Å². The molecule has 0 aliphatic heterocycles. The van der Waals surface area contributed by atoms with Gasteiger partial charge in [-0.25, -0.2) is 0 Å². The Balaban J connectivity index is 2.84. The molecule has 0 atom stereocenters. The van der Waals surface area contributed by atoms with E-state index in [1.807, 2.05) is 18.2 Å². The zero-order valence-electron chi connectivity index (χ0n) is 14.1. The van der Waals surface area contributed by atoms with E-state index < -0.39 is 8.07 Å². The molecule has 0 saturated carbocycles. The molecule has 0 fully saturated rings. The van der Waals surface area contributed by atoms with Gasteiger partial charge in [0.2, 0.25) is 0 Å². The van der Waals surface area contributed by atoms with Crippen LogP contribution in [0, 0.1) is 6.92 Å². The summed E-state index contributed by atoms with van der Waals surface area (Å²) in [5, 5.41) is 1.40. The zero-order valence-corrected chi connectivity index (χ0v) is 16.7. The van der Waals surface area contributed by atoms with Crippen LogP contribution in [-0.4, -0.2) is 22.3 Å². The predicted octanol–water partition coefficient (Wildman–Crippen LogP) is 4.99. The molecule has 2 aromatic rings. The molecule has 0 unspecified atom stereocenters. The maximum atomic E-state index is 5.59. The molecule has 0 aliphatic carbocycles. The number of hydrogen-bond donors (Lipinski definition) is 0. The van der Waals surface area contributed by atoms with Gasteiger partial charge in [0.1, 0.15) is 11.5 Å². The summed E-state index contributed by atoms with van der Waals surface area (Å²) in [5.74, 6) is 1.66. The van der Waals surface area contributed by atoms with Crippen LogP contribution >= 0.6 is 15.9 Å². The van der Waals surface area contributed by atoms with Crippen molar-refractivity contribution in [2.75, 3.05) is 14.2 Å². The summed E-state index contributed by atoms with van der Waals surface area (Å²) in [7, 11) is 1.95. The van der Waals surface area contributed by atoms with E-state index >= 15 is 0 Å². The first-order valence-electron chi connectivity index (χ1n) is 7.32. The Morgan fingerprint density at radius 1 is 0.864 bits per heavy atom. The van der Waals surface area contributed by atoms with Gasteiger partial charge in [0.25, 0.3) is 0 Å². The van der Waals surface area contributed by atoms with Crippen LogP contribution in [0.15, 0.2) is 34.8 Å². The van der Waals surface area contributed by atoms with Gasteiger partial charge in [0.05, 0.1) is 27.9 Å². The lowest BCUT2D eigenvalue weighted by molar-refractivity contribution is 0.397. The molecule has 2 rings (SSSR count). The van der Waals surface area contributed by atoms with E-state index in [0.29, 0.717) is 0 Å². The number of hydrogen-bond acceptors (Lipinski definition) is 2. The molecule has 0 heterocycles. The van der Waals surface area contributed by atoms with E-state index in [2.05, 4.69) is 54.6 Å². The van der Waals surface area contributed by atoms with Crippen molar-refractivity contribution < 1.29 is 9.47 Å². The van der Waals surface area contributed by atoms with Gasteiger partial charge >= 0.3 is 0 Å². The van der Waals surface area contributed by atoms with E-state index in [1.54, 1.807) is 14.2 Å². The van der Waals surface area contributed by atoms with Crippen LogP contribution in [0.25, 0.3) is 11.1 Å². The third-order valence-corrected chi connectivity index (χ3v) is 7.06. The number of aryl methyl sites for hydroxylation is 1. The Hall–Kier alpha value is -1.26. The minimum Gasteiger partial charge on any atom is -0.496 e. The Labute approximate surface area is 142 Å². The van der Waals surface area contributed by atoms with Crippen LogP contribution in [0.1, 0.15) is 5.56 Å². The molecule has 0 aromatic heterocycles. The maximum Gasteiger partial charge on any atom is 0.130 e. The summed E-state index contributed by atoms with van der Waals surface area (Å²) in [4.78, 5) is 0. The summed E-state index contributed by atoms with van der Waals surface area (Å²) in [5.41, 5.74) is 3.38. The maximum absolute atomic E-state index is 5.59. The quantitative estimate of drug-likeness (QED) is 0.697. The number of ether oxygens (including phenoxy) is 2. The first-order valence-corrected chi connectivity index (χ1v) is 11.6. The van der Waals surface area contributed by atoms with Crippen molar-refractivity contribution in [1.29, 1.82) is 0 Å². The van der Waals surface area contributed by atoms with Crippen LogP contribution in [0.5, 0.6) is 11.5 Å². The molecule has 0 radical (unpaired) electrons. The monoisotopic (exact) mass is 378 g/mol. The predicted molar refractivity (Wildman–Crippen MR) is 100 cm³/mol. The molecule has 0 amide bonds. The minimum absolute atomic E-state index is 0.830. The van der Waals surface area contributed by atoms with E-state index in [9.17, 15) is 0 Å². The van der Waals surface area contributed by atoms with Gasteiger partial charge in [-0.2, -0.15) is 0 Å². The summed E-state index contributed by atoms with van der Waals surface area (Å²) >= 11 is 3.85. The first-order chi connectivity index (χ1) is 10.3. The van der Waals surface area contributed by atoms with Gasteiger partial charge in [-0.15, -0.1) is 0 Å². The van der Waals surface area contributed by atoms with Gasteiger partial charge < -0.3 is 9.47 Å². The van der Waals surface area contributed by atoms with Gasteiger partial charge in [0.15, 0.2) is 0 Å². The third-order valence-electron chi connectivity index (χ3n) is 3.84. The van der Waals surface area contributed by atoms with Crippen LogP contribution in [-0.2, 0) is 0 Å². The van der Waals surface area contributed by atoms with Crippen molar-refractivity contribution >= 4 is 29.2 Å². The molecule has 4 heteroatoms. The zero-order chi connectivity index (χ0) is 16.5. The van der Waals surface area contributed by atoms with E-state index in [-0.39, 0.29) is 0 Å². The molecule has 0 aliphatic rings. The first kappa shape index (κ1) is 17.1. The number of methoxy groups -OCH3 is 2. The molecule has 0 spiro atoms. The van der Waals surface area contributed by atoms with Crippen molar-refractivity contribution in [3.63, 3.8) is 0 Å². The summed E-state index contributed by atoms with van der Waals surface area (Å²) in [6.45, 7) is 9.18. The number of rotatable bonds is 4. The second kappa shape index (κ2) is 6.47. The van der Waals surface area contributed by atoms with Crippen molar-refractivity contribution in [2.45, 2.75) is 26.6 Å². The molecule has 22 heavy (non-hydrogen) atoms. The fourth-order valence-corrected chi connectivity index (χ4v) is 6.45. The minimum atomic E-state index is -1.45. The Bertz CT molecular complexity index is 668. The summed E-state index contributed by atoms with van der Waals surface area (Å²) in [6, 6.07) is 10.3. The van der Waals surface area contributed by atoms with Crippen LogP contribution in [0.3, 0.4) is 0 Å². The highest BCUT2D eigenvalue weighted by Gasteiger charge is 2.25. The smallest absolute Gasteiger partial charge is 0.130 e. The fraction of sp³-hybridized carbons (Fsp3) is 0.333. The van der Waals surface area contributed by atoms with Crippen molar-refractivity contribution in [3.8, 4) is 22.6 Å².